The van der Waals surface area contributed by atoms with Gasteiger partial charge in [0.1, 0.15) is 0 Å². The molecule has 84 valence electrons. The summed E-state index contributed by atoms with van der Waals surface area (Å²) in [5, 5.41) is 27.2. The lowest BCUT2D eigenvalue weighted by Crippen LogP contribution is -2.37. The second-order valence-electron chi connectivity index (χ2n) is 3.35. The molecule has 0 amide bonds. The standard InChI is InChI=1S/C11H16O4/c12-7-6-11(14,9-13)15-8-10-4-2-1-3-5-10/h1-5,12-14H,6-9H2. The first-order chi connectivity index (χ1) is 7.20. The Morgan fingerprint density at radius 2 is 1.80 bits per heavy atom. The molecule has 0 spiro atoms. The van der Waals surface area contributed by atoms with Crippen LogP contribution >= 0.6 is 0 Å². The van der Waals surface area contributed by atoms with E-state index < -0.39 is 12.4 Å². The van der Waals surface area contributed by atoms with E-state index in [-0.39, 0.29) is 19.6 Å². The fourth-order valence-electron chi connectivity index (χ4n) is 1.16. The zero-order valence-electron chi connectivity index (χ0n) is 8.47. The number of hydrogen-bond acceptors (Lipinski definition) is 4. The minimum Gasteiger partial charge on any atom is -0.396 e. The molecule has 1 aromatic rings. The Morgan fingerprint density at radius 3 is 2.33 bits per heavy atom. The van der Waals surface area contributed by atoms with Crippen molar-refractivity contribution in [3.05, 3.63) is 35.9 Å². The van der Waals surface area contributed by atoms with Crippen molar-refractivity contribution in [2.75, 3.05) is 13.2 Å². The Labute approximate surface area is 88.8 Å². The lowest BCUT2D eigenvalue weighted by atomic mass is 10.2. The minimum absolute atomic E-state index is 0.00364. The van der Waals surface area contributed by atoms with E-state index in [1.165, 1.54) is 0 Å². The summed E-state index contributed by atoms with van der Waals surface area (Å²) in [7, 11) is 0. The first-order valence-corrected chi connectivity index (χ1v) is 4.82. The van der Waals surface area contributed by atoms with Gasteiger partial charge in [-0.25, -0.2) is 0 Å². The van der Waals surface area contributed by atoms with Crippen LogP contribution < -0.4 is 0 Å². The first-order valence-electron chi connectivity index (χ1n) is 4.82. The van der Waals surface area contributed by atoms with Gasteiger partial charge in [-0.3, -0.25) is 0 Å². The highest BCUT2D eigenvalue weighted by molar-refractivity contribution is 5.13. The van der Waals surface area contributed by atoms with Crippen molar-refractivity contribution in [2.45, 2.75) is 18.8 Å². The highest BCUT2D eigenvalue weighted by Crippen LogP contribution is 2.14. The molecule has 0 radical (unpaired) electrons. The molecule has 0 aromatic heterocycles. The predicted octanol–water partition coefficient (Wildman–Crippen LogP) is 0.266. The van der Waals surface area contributed by atoms with Crippen LogP contribution in [0.5, 0.6) is 0 Å². The van der Waals surface area contributed by atoms with Gasteiger partial charge >= 0.3 is 0 Å². The van der Waals surface area contributed by atoms with Crippen LogP contribution in [0.2, 0.25) is 0 Å². The Balaban J connectivity index is 2.47. The molecule has 0 bridgehead atoms. The molecular formula is C11H16O4. The SMILES string of the molecule is OCCC(O)(CO)OCc1ccccc1. The molecule has 15 heavy (non-hydrogen) atoms. The summed E-state index contributed by atoms with van der Waals surface area (Å²) in [6.45, 7) is -0.551. The highest BCUT2D eigenvalue weighted by atomic mass is 16.6. The zero-order chi connectivity index (χ0) is 11.1. The van der Waals surface area contributed by atoms with E-state index in [1.807, 2.05) is 30.3 Å². The maximum Gasteiger partial charge on any atom is 0.191 e. The third kappa shape index (κ3) is 3.97. The molecule has 0 aliphatic rings. The zero-order valence-corrected chi connectivity index (χ0v) is 8.47. The van der Waals surface area contributed by atoms with E-state index in [4.69, 9.17) is 14.9 Å². The van der Waals surface area contributed by atoms with Gasteiger partial charge in [-0.05, 0) is 5.56 Å². The number of rotatable bonds is 6. The van der Waals surface area contributed by atoms with E-state index in [1.54, 1.807) is 0 Å². The van der Waals surface area contributed by atoms with Crippen LogP contribution in [0, 0.1) is 0 Å². The molecule has 0 aliphatic carbocycles. The lowest BCUT2D eigenvalue weighted by Gasteiger charge is -2.25. The average Bonchev–Trinajstić information content (AvgIpc) is 2.28. The van der Waals surface area contributed by atoms with E-state index in [9.17, 15) is 5.11 Å². The number of hydrogen-bond donors (Lipinski definition) is 3. The van der Waals surface area contributed by atoms with Gasteiger partial charge < -0.3 is 20.1 Å². The van der Waals surface area contributed by atoms with E-state index in [0.717, 1.165) is 5.56 Å². The summed E-state index contributed by atoms with van der Waals surface area (Å²) in [6, 6.07) is 9.33. The highest BCUT2D eigenvalue weighted by Gasteiger charge is 2.25. The second kappa shape index (κ2) is 5.82. The van der Waals surface area contributed by atoms with Crippen LogP contribution in [0.4, 0.5) is 0 Å². The molecular weight excluding hydrogens is 196 g/mol. The van der Waals surface area contributed by atoms with Crippen LogP contribution in [-0.2, 0) is 11.3 Å². The molecule has 0 heterocycles. The van der Waals surface area contributed by atoms with Gasteiger partial charge in [0.25, 0.3) is 0 Å². The normalized spacial score (nSPS) is 14.9. The third-order valence-electron chi connectivity index (χ3n) is 2.10. The van der Waals surface area contributed by atoms with Crippen molar-refractivity contribution < 1.29 is 20.1 Å². The second-order valence-corrected chi connectivity index (χ2v) is 3.35. The molecule has 1 unspecified atom stereocenters. The van der Waals surface area contributed by atoms with Gasteiger partial charge in [0.2, 0.25) is 0 Å². The predicted molar refractivity (Wildman–Crippen MR) is 55.0 cm³/mol. The Bertz CT molecular complexity index is 275. The molecule has 4 heteroatoms. The van der Waals surface area contributed by atoms with Crippen LogP contribution in [0.1, 0.15) is 12.0 Å². The molecule has 0 fully saturated rings. The van der Waals surface area contributed by atoms with Crippen LogP contribution in [0.15, 0.2) is 30.3 Å². The lowest BCUT2D eigenvalue weighted by molar-refractivity contribution is -0.237. The molecule has 3 N–H and O–H groups in total. The molecule has 4 nitrogen and oxygen atoms in total. The van der Waals surface area contributed by atoms with Crippen molar-refractivity contribution in [1.29, 1.82) is 0 Å². The van der Waals surface area contributed by atoms with Gasteiger partial charge in [0.05, 0.1) is 13.2 Å². The van der Waals surface area contributed by atoms with Gasteiger partial charge in [-0.2, -0.15) is 0 Å². The van der Waals surface area contributed by atoms with Gasteiger partial charge in [-0.15, -0.1) is 0 Å². The Hall–Kier alpha value is -0.940. The maximum absolute atomic E-state index is 9.65. The number of ether oxygens (including phenoxy) is 1. The summed E-state index contributed by atoms with van der Waals surface area (Å²) < 4.78 is 5.15. The summed E-state index contributed by atoms with van der Waals surface area (Å²) in [5.74, 6) is -1.65. The largest absolute Gasteiger partial charge is 0.396 e. The summed E-state index contributed by atoms with van der Waals surface area (Å²) in [6.07, 6.45) is -0.00364. The van der Waals surface area contributed by atoms with Crippen LogP contribution in [0.25, 0.3) is 0 Å². The van der Waals surface area contributed by atoms with Crippen LogP contribution in [0.3, 0.4) is 0 Å². The van der Waals surface area contributed by atoms with Gasteiger partial charge in [-0.1, -0.05) is 30.3 Å². The summed E-state index contributed by atoms with van der Waals surface area (Å²) in [5.41, 5.74) is 0.905. The summed E-state index contributed by atoms with van der Waals surface area (Å²) in [4.78, 5) is 0. The molecule has 1 rings (SSSR count). The molecule has 0 saturated heterocycles. The van der Waals surface area contributed by atoms with Crippen LogP contribution in [-0.4, -0.2) is 34.3 Å². The Morgan fingerprint density at radius 1 is 1.13 bits per heavy atom. The smallest absolute Gasteiger partial charge is 0.191 e. The molecule has 1 atom stereocenters. The van der Waals surface area contributed by atoms with Crippen molar-refractivity contribution in [1.82, 2.24) is 0 Å². The third-order valence-corrected chi connectivity index (χ3v) is 2.10. The fourth-order valence-corrected chi connectivity index (χ4v) is 1.16. The van der Waals surface area contributed by atoms with E-state index in [2.05, 4.69) is 0 Å². The first kappa shape index (κ1) is 12.1. The molecule has 0 aliphatic heterocycles. The monoisotopic (exact) mass is 212 g/mol. The topological polar surface area (TPSA) is 69.9 Å². The minimum atomic E-state index is -1.65. The number of aliphatic hydroxyl groups excluding tert-OH is 2. The number of benzene rings is 1. The summed E-state index contributed by atoms with van der Waals surface area (Å²) >= 11 is 0. The fraction of sp³-hybridized carbons (Fsp3) is 0.455. The van der Waals surface area contributed by atoms with E-state index in [0.29, 0.717) is 0 Å². The quantitative estimate of drug-likeness (QED) is 0.592. The number of aliphatic hydroxyl groups is 3. The maximum atomic E-state index is 9.65. The van der Waals surface area contributed by atoms with Gasteiger partial charge in [0, 0.05) is 13.0 Å². The van der Waals surface area contributed by atoms with Crippen molar-refractivity contribution in [3.8, 4) is 0 Å². The van der Waals surface area contributed by atoms with Crippen molar-refractivity contribution in [2.24, 2.45) is 0 Å². The molecule has 0 saturated carbocycles. The van der Waals surface area contributed by atoms with E-state index >= 15 is 0 Å². The van der Waals surface area contributed by atoms with Crippen molar-refractivity contribution in [3.63, 3.8) is 0 Å². The average molecular weight is 212 g/mol. The van der Waals surface area contributed by atoms with Crippen molar-refractivity contribution >= 4 is 0 Å². The molecule has 1 aromatic carbocycles. The Kier molecular flexibility index (Phi) is 4.71. The van der Waals surface area contributed by atoms with Gasteiger partial charge in [0.15, 0.2) is 5.79 Å².